The molecule has 1 aromatic carbocycles. The van der Waals surface area contributed by atoms with Crippen LogP contribution >= 0.6 is 0 Å². The van der Waals surface area contributed by atoms with Gasteiger partial charge in [0.15, 0.2) is 0 Å². The van der Waals surface area contributed by atoms with E-state index in [1.165, 1.54) is 0 Å². The van der Waals surface area contributed by atoms with E-state index >= 15 is 0 Å². The van der Waals surface area contributed by atoms with Gasteiger partial charge in [-0.05, 0) is 51.7 Å². The zero-order valence-electron chi connectivity index (χ0n) is 19.9. The monoisotopic (exact) mass is 437 g/mol. The highest BCUT2D eigenvalue weighted by Crippen LogP contribution is 2.28. The molecule has 0 aliphatic heterocycles. The van der Waals surface area contributed by atoms with Crippen molar-refractivity contribution in [1.82, 2.24) is 25.1 Å². The van der Waals surface area contributed by atoms with Crippen LogP contribution in [-0.2, 0) is 11.3 Å². The number of rotatable bonds is 9. The van der Waals surface area contributed by atoms with E-state index in [1.807, 2.05) is 55.9 Å². The SMILES string of the molecule is CC(C)c1nc2ccccc2nc1-c1cnn(CCCCCCNC(=O)OC(C)(C)C)c1. The lowest BCUT2D eigenvalue weighted by Gasteiger charge is -2.19. The van der Waals surface area contributed by atoms with Gasteiger partial charge in [0.05, 0.1) is 28.6 Å². The Morgan fingerprint density at radius 3 is 2.44 bits per heavy atom. The number of aromatic nitrogens is 4. The van der Waals surface area contributed by atoms with E-state index in [0.29, 0.717) is 6.54 Å². The minimum Gasteiger partial charge on any atom is -0.444 e. The van der Waals surface area contributed by atoms with Crippen molar-refractivity contribution >= 4 is 17.1 Å². The summed E-state index contributed by atoms with van der Waals surface area (Å²) < 4.78 is 7.22. The minimum atomic E-state index is -0.457. The van der Waals surface area contributed by atoms with Crippen LogP contribution in [0.15, 0.2) is 36.7 Å². The van der Waals surface area contributed by atoms with Gasteiger partial charge in [0, 0.05) is 24.8 Å². The molecule has 0 aliphatic carbocycles. The predicted molar refractivity (Wildman–Crippen MR) is 128 cm³/mol. The van der Waals surface area contributed by atoms with Gasteiger partial charge >= 0.3 is 6.09 Å². The van der Waals surface area contributed by atoms with Gasteiger partial charge in [0.2, 0.25) is 0 Å². The Morgan fingerprint density at radius 1 is 1.06 bits per heavy atom. The molecule has 0 atom stereocenters. The Hall–Kier alpha value is -2.96. The fourth-order valence-corrected chi connectivity index (χ4v) is 3.49. The van der Waals surface area contributed by atoms with Crippen molar-refractivity contribution in [2.45, 2.75) is 78.4 Å². The third-order valence-electron chi connectivity index (χ3n) is 5.03. The van der Waals surface area contributed by atoms with Crippen LogP contribution in [0.1, 0.15) is 71.9 Å². The summed E-state index contributed by atoms with van der Waals surface area (Å²) in [5.41, 5.74) is 4.29. The van der Waals surface area contributed by atoms with E-state index in [0.717, 1.165) is 60.2 Å². The summed E-state index contributed by atoms with van der Waals surface area (Å²) in [4.78, 5) is 21.4. The fourth-order valence-electron chi connectivity index (χ4n) is 3.49. The molecule has 0 spiro atoms. The maximum Gasteiger partial charge on any atom is 0.407 e. The number of hydrogen-bond donors (Lipinski definition) is 1. The number of carbonyl (C=O) groups is 1. The maximum atomic E-state index is 11.6. The number of nitrogens with zero attached hydrogens (tertiary/aromatic N) is 4. The Kier molecular flexibility index (Phi) is 7.83. The fraction of sp³-hybridized carbons (Fsp3) is 0.520. The summed E-state index contributed by atoms with van der Waals surface area (Å²) in [5, 5.41) is 7.34. The molecule has 1 N–H and O–H groups in total. The van der Waals surface area contributed by atoms with Crippen LogP contribution in [0, 0.1) is 0 Å². The normalized spacial score (nSPS) is 11.8. The van der Waals surface area contributed by atoms with Crippen LogP contribution < -0.4 is 5.32 Å². The number of nitrogens with one attached hydrogen (secondary N) is 1. The smallest absolute Gasteiger partial charge is 0.407 e. The molecular formula is C25H35N5O2. The number of ether oxygens (including phenoxy) is 1. The first-order valence-corrected chi connectivity index (χ1v) is 11.5. The number of carbonyl (C=O) groups excluding carboxylic acids is 1. The zero-order chi connectivity index (χ0) is 23.1. The Morgan fingerprint density at radius 2 is 1.75 bits per heavy atom. The van der Waals surface area contributed by atoms with Gasteiger partial charge < -0.3 is 10.1 Å². The van der Waals surface area contributed by atoms with E-state index < -0.39 is 5.60 Å². The summed E-state index contributed by atoms with van der Waals surface area (Å²) in [6.07, 6.45) is 7.71. The highest BCUT2D eigenvalue weighted by molar-refractivity contribution is 5.78. The molecule has 2 heterocycles. The van der Waals surface area contributed by atoms with Crippen molar-refractivity contribution < 1.29 is 9.53 Å². The van der Waals surface area contributed by atoms with Gasteiger partial charge in [0.25, 0.3) is 0 Å². The number of fused-ring (bicyclic) bond motifs is 1. The van der Waals surface area contributed by atoms with Crippen molar-refractivity contribution in [2.24, 2.45) is 0 Å². The van der Waals surface area contributed by atoms with Gasteiger partial charge in [-0.2, -0.15) is 5.10 Å². The molecule has 2 aromatic heterocycles. The third kappa shape index (κ3) is 6.77. The molecule has 32 heavy (non-hydrogen) atoms. The van der Waals surface area contributed by atoms with Crippen LogP contribution in [0.5, 0.6) is 0 Å². The molecule has 0 saturated heterocycles. The number of amides is 1. The van der Waals surface area contributed by atoms with Crippen molar-refractivity contribution in [2.75, 3.05) is 6.54 Å². The summed E-state index contributed by atoms with van der Waals surface area (Å²) in [6, 6.07) is 7.98. The second kappa shape index (κ2) is 10.6. The lowest BCUT2D eigenvalue weighted by molar-refractivity contribution is 0.0527. The topological polar surface area (TPSA) is 81.9 Å². The minimum absolute atomic E-state index is 0.278. The number of benzene rings is 1. The highest BCUT2D eigenvalue weighted by atomic mass is 16.6. The molecule has 3 rings (SSSR count). The predicted octanol–water partition coefficient (Wildman–Crippen LogP) is 5.70. The number of para-hydroxylation sites is 2. The van der Waals surface area contributed by atoms with Crippen molar-refractivity contribution in [3.63, 3.8) is 0 Å². The molecule has 0 aliphatic rings. The van der Waals surface area contributed by atoms with Gasteiger partial charge in [0.1, 0.15) is 5.60 Å². The highest BCUT2D eigenvalue weighted by Gasteiger charge is 2.16. The average molecular weight is 438 g/mol. The molecule has 0 fully saturated rings. The lowest BCUT2D eigenvalue weighted by Crippen LogP contribution is -2.32. The first-order valence-electron chi connectivity index (χ1n) is 11.5. The van der Waals surface area contributed by atoms with E-state index in [-0.39, 0.29) is 12.0 Å². The van der Waals surface area contributed by atoms with Gasteiger partial charge in [-0.1, -0.05) is 38.8 Å². The molecule has 0 radical (unpaired) electrons. The second-order valence-corrected chi connectivity index (χ2v) is 9.44. The Labute approximate surface area is 190 Å². The van der Waals surface area contributed by atoms with Gasteiger partial charge in [-0.25, -0.2) is 14.8 Å². The zero-order valence-corrected chi connectivity index (χ0v) is 19.9. The van der Waals surface area contributed by atoms with Crippen molar-refractivity contribution in [1.29, 1.82) is 0 Å². The first kappa shape index (κ1) is 23.7. The molecule has 3 aromatic rings. The molecular weight excluding hydrogens is 402 g/mol. The van der Waals surface area contributed by atoms with E-state index in [9.17, 15) is 4.79 Å². The lowest BCUT2D eigenvalue weighted by atomic mass is 10.0. The van der Waals surface area contributed by atoms with Gasteiger partial charge in [-0.3, -0.25) is 4.68 Å². The molecule has 1 amide bonds. The van der Waals surface area contributed by atoms with E-state index in [2.05, 4.69) is 30.5 Å². The molecule has 7 nitrogen and oxygen atoms in total. The van der Waals surface area contributed by atoms with E-state index in [1.54, 1.807) is 0 Å². The van der Waals surface area contributed by atoms with Gasteiger partial charge in [-0.15, -0.1) is 0 Å². The standard InChI is InChI=1S/C25H35N5O2/c1-18(2)22-23(29-21-13-9-8-12-20(21)28-22)19-16-27-30(17-19)15-11-7-6-10-14-26-24(31)32-25(3,4)5/h8-9,12-13,16-18H,6-7,10-11,14-15H2,1-5H3,(H,26,31). The van der Waals surface area contributed by atoms with Crippen LogP contribution in [0.4, 0.5) is 4.79 Å². The molecule has 0 bridgehead atoms. The van der Waals surface area contributed by atoms with Crippen LogP contribution in [-0.4, -0.2) is 38.0 Å². The molecule has 7 heteroatoms. The third-order valence-corrected chi connectivity index (χ3v) is 5.03. The summed E-state index contributed by atoms with van der Waals surface area (Å²) in [7, 11) is 0. The maximum absolute atomic E-state index is 11.6. The number of unbranched alkanes of at least 4 members (excludes halogenated alkanes) is 3. The van der Waals surface area contributed by atoms with Crippen LogP contribution in [0.2, 0.25) is 0 Å². The largest absolute Gasteiger partial charge is 0.444 e. The van der Waals surface area contributed by atoms with Crippen molar-refractivity contribution in [3.05, 3.63) is 42.4 Å². The summed E-state index contributed by atoms with van der Waals surface area (Å²) >= 11 is 0. The second-order valence-electron chi connectivity index (χ2n) is 9.44. The average Bonchev–Trinajstić information content (AvgIpc) is 3.19. The Balaban J connectivity index is 1.48. The quantitative estimate of drug-likeness (QED) is 0.434. The first-order chi connectivity index (χ1) is 15.2. The Bertz CT molecular complexity index is 1040. The summed E-state index contributed by atoms with van der Waals surface area (Å²) in [6.45, 7) is 11.4. The number of hydrogen-bond acceptors (Lipinski definition) is 5. The molecule has 0 unspecified atom stereocenters. The summed E-state index contributed by atoms with van der Waals surface area (Å²) in [5.74, 6) is 0.278. The number of alkyl carbamates (subject to hydrolysis) is 1. The molecule has 0 saturated carbocycles. The van der Waals surface area contributed by atoms with E-state index in [4.69, 9.17) is 14.7 Å². The van der Waals surface area contributed by atoms with Crippen molar-refractivity contribution in [3.8, 4) is 11.3 Å². The molecule has 172 valence electrons. The van der Waals surface area contributed by atoms with Crippen LogP contribution in [0.25, 0.3) is 22.3 Å². The number of aryl methyl sites for hydroxylation is 1. The van der Waals surface area contributed by atoms with Crippen LogP contribution in [0.3, 0.4) is 0 Å².